The van der Waals surface area contributed by atoms with Gasteiger partial charge in [0.1, 0.15) is 0 Å². The summed E-state index contributed by atoms with van der Waals surface area (Å²) in [5.74, 6) is -1.67. The van der Waals surface area contributed by atoms with E-state index >= 15 is 0 Å². The molecular formula is C7H6F6O3. The first-order chi connectivity index (χ1) is 7.08. The minimum atomic E-state index is -5.71. The zero-order valence-corrected chi connectivity index (χ0v) is 7.78. The van der Waals surface area contributed by atoms with Gasteiger partial charge >= 0.3 is 18.3 Å². The van der Waals surface area contributed by atoms with Crippen LogP contribution in [-0.2, 0) is 14.3 Å². The molecule has 0 saturated carbocycles. The van der Waals surface area contributed by atoms with Crippen LogP contribution in [0, 0.1) is 0 Å². The van der Waals surface area contributed by atoms with E-state index in [0.29, 0.717) is 0 Å². The summed E-state index contributed by atoms with van der Waals surface area (Å²) < 4.78 is 80.7. The normalized spacial score (nSPS) is 24.1. The fourth-order valence-corrected chi connectivity index (χ4v) is 1.18. The Bertz CT molecular complexity index is 279. The summed E-state index contributed by atoms with van der Waals surface area (Å²) in [6.07, 6.45) is -14.1. The molecule has 0 amide bonds. The monoisotopic (exact) mass is 252 g/mol. The molecule has 0 N–H and O–H groups in total. The Morgan fingerprint density at radius 3 is 1.94 bits per heavy atom. The summed E-state index contributed by atoms with van der Waals surface area (Å²) in [6.45, 7) is 0.924. The van der Waals surface area contributed by atoms with Crippen LogP contribution in [0.5, 0.6) is 0 Å². The van der Waals surface area contributed by atoms with Gasteiger partial charge in [-0.15, -0.1) is 0 Å². The van der Waals surface area contributed by atoms with Crippen LogP contribution >= 0.6 is 0 Å². The maximum absolute atomic E-state index is 12.2. The van der Waals surface area contributed by atoms with E-state index in [1.807, 2.05) is 0 Å². The number of carbonyl (C=O) groups excluding carboxylic acids is 1. The molecule has 1 aliphatic heterocycles. The molecule has 1 heterocycles. The van der Waals surface area contributed by atoms with Gasteiger partial charge in [-0.3, -0.25) is 0 Å². The highest BCUT2D eigenvalue weighted by molar-refractivity contribution is 5.80. The van der Waals surface area contributed by atoms with Gasteiger partial charge < -0.3 is 9.47 Å². The van der Waals surface area contributed by atoms with E-state index < -0.39 is 30.0 Å². The van der Waals surface area contributed by atoms with Crippen LogP contribution in [0.3, 0.4) is 0 Å². The number of carbonyl (C=O) groups is 1. The summed E-state index contributed by atoms with van der Waals surface area (Å²) in [5.41, 5.74) is -4.41. The van der Waals surface area contributed by atoms with E-state index in [9.17, 15) is 31.1 Å². The van der Waals surface area contributed by atoms with Crippen LogP contribution in [0.2, 0.25) is 0 Å². The summed E-state index contributed by atoms with van der Waals surface area (Å²) in [5, 5.41) is 0. The third-order valence-corrected chi connectivity index (χ3v) is 1.96. The van der Waals surface area contributed by atoms with Crippen LogP contribution in [0.25, 0.3) is 0 Å². The summed E-state index contributed by atoms with van der Waals surface area (Å²) in [4.78, 5) is 10.8. The Morgan fingerprint density at radius 1 is 1.25 bits per heavy atom. The van der Waals surface area contributed by atoms with Gasteiger partial charge in [0.05, 0.1) is 6.61 Å². The van der Waals surface area contributed by atoms with Crippen molar-refractivity contribution in [3.8, 4) is 0 Å². The lowest BCUT2D eigenvalue weighted by Crippen LogP contribution is -2.49. The third kappa shape index (κ3) is 1.72. The van der Waals surface area contributed by atoms with Gasteiger partial charge in [-0.1, -0.05) is 0 Å². The Balaban J connectivity index is 2.94. The Hall–Kier alpha value is -0.990. The highest BCUT2D eigenvalue weighted by atomic mass is 19.4. The lowest BCUT2D eigenvalue weighted by atomic mass is 10.0. The summed E-state index contributed by atoms with van der Waals surface area (Å²) in [7, 11) is 0. The molecule has 3 nitrogen and oxygen atoms in total. The molecule has 1 aliphatic rings. The molecule has 0 bridgehead atoms. The van der Waals surface area contributed by atoms with E-state index in [4.69, 9.17) is 0 Å². The van der Waals surface area contributed by atoms with E-state index in [0.717, 1.165) is 0 Å². The molecule has 1 unspecified atom stereocenters. The topological polar surface area (TPSA) is 38.8 Å². The van der Waals surface area contributed by atoms with Gasteiger partial charge in [0.2, 0.25) is 6.10 Å². The lowest BCUT2D eigenvalue weighted by molar-refractivity contribution is -0.292. The highest BCUT2D eigenvalue weighted by Gasteiger charge is 2.89. The van der Waals surface area contributed by atoms with Crippen LogP contribution in [0.4, 0.5) is 26.3 Å². The molecule has 94 valence electrons. The third-order valence-electron chi connectivity index (χ3n) is 1.96. The quantitative estimate of drug-likeness (QED) is 0.427. The number of alkyl halides is 6. The highest BCUT2D eigenvalue weighted by Crippen LogP contribution is 2.59. The van der Waals surface area contributed by atoms with Crippen molar-refractivity contribution in [2.45, 2.75) is 31.0 Å². The van der Waals surface area contributed by atoms with E-state index in [-0.39, 0.29) is 6.61 Å². The second kappa shape index (κ2) is 3.51. The predicted molar refractivity (Wildman–Crippen MR) is 36.3 cm³/mol. The molecule has 1 rings (SSSR count). The minimum Gasteiger partial charge on any atom is -0.464 e. The Kier molecular flexibility index (Phi) is 2.86. The van der Waals surface area contributed by atoms with Crippen LogP contribution in [0.1, 0.15) is 6.92 Å². The van der Waals surface area contributed by atoms with Gasteiger partial charge in [0.25, 0.3) is 5.60 Å². The Labute approximate surface area is 85.3 Å². The summed E-state index contributed by atoms with van der Waals surface area (Å²) >= 11 is 0. The maximum atomic E-state index is 12.2. The summed E-state index contributed by atoms with van der Waals surface area (Å²) in [6, 6.07) is 0. The molecule has 0 radical (unpaired) electrons. The first kappa shape index (κ1) is 13.1. The second-order valence-corrected chi connectivity index (χ2v) is 2.98. The molecule has 0 aromatic carbocycles. The lowest BCUT2D eigenvalue weighted by Gasteiger charge is -2.19. The van der Waals surface area contributed by atoms with Crippen molar-refractivity contribution in [1.29, 1.82) is 0 Å². The molecule has 0 spiro atoms. The largest absolute Gasteiger partial charge is 0.464 e. The zero-order valence-electron chi connectivity index (χ0n) is 7.78. The minimum absolute atomic E-state index is 0.329. The number of hydrogen-bond donors (Lipinski definition) is 0. The van der Waals surface area contributed by atoms with Gasteiger partial charge in [-0.25, -0.2) is 4.79 Å². The maximum Gasteiger partial charge on any atom is 0.429 e. The number of esters is 1. The van der Waals surface area contributed by atoms with E-state index in [2.05, 4.69) is 9.47 Å². The number of epoxide rings is 1. The van der Waals surface area contributed by atoms with Crippen molar-refractivity contribution in [3.63, 3.8) is 0 Å². The molecule has 0 aromatic rings. The Morgan fingerprint density at radius 2 is 1.69 bits per heavy atom. The number of hydrogen-bond acceptors (Lipinski definition) is 3. The first-order valence-corrected chi connectivity index (χ1v) is 4.06. The second-order valence-electron chi connectivity index (χ2n) is 2.98. The van der Waals surface area contributed by atoms with Gasteiger partial charge in [0, 0.05) is 0 Å². The van der Waals surface area contributed by atoms with Crippen molar-refractivity contribution >= 4 is 5.97 Å². The molecule has 0 aromatic heterocycles. The van der Waals surface area contributed by atoms with E-state index in [1.165, 1.54) is 6.92 Å². The van der Waals surface area contributed by atoms with Crippen molar-refractivity contribution in [2.75, 3.05) is 6.61 Å². The van der Waals surface area contributed by atoms with Gasteiger partial charge in [-0.2, -0.15) is 26.3 Å². The standard InChI is InChI=1S/C7H6F6O3/c1-2-15-4(14)3-5(16-3,6(8,9)10)7(11,12)13/h3H,2H2,1H3. The van der Waals surface area contributed by atoms with Crippen molar-refractivity contribution < 1.29 is 40.6 Å². The van der Waals surface area contributed by atoms with Crippen molar-refractivity contribution in [1.82, 2.24) is 0 Å². The van der Waals surface area contributed by atoms with E-state index in [1.54, 1.807) is 0 Å². The molecule has 1 saturated heterocycles. The molecule has 0 aliphatic carbocycles. The number of ether oxygens (including phenoxy) is 2. The number of rotatable bonds is 2. The molecule has 9 heteroatoms. The molecular weight excluding hydrogens is 246 g/mol. The van der Waals surface area contributed by atoms with Crippen LogP contribution in [-0.4, -0.2) is 36.6 Å². The SMILES string of the molecule is CCOC(=O)C1OC1(C(F)(F)F)C(F)(F)F. The first-order valence-electron chi connectivity index (χ1n) is 4.06. The zero-order chi connectivity index (χ0) is 12.8. The number of halogens is 6. The van der Waals surface area contributed by atoms with Crippen molar-refractivity contribution in [3.05, 3.63) is 0 Å². The molecule has 1 fully saturated rings. The average molecular weight is 252 g/mol. The van der Waals surface area contributed by atoms with Crippen molar-refractivity contribution in [2.24, 2.45) is 0 Å². The molecule has 1 atom stereocenters. The predicted octanol–water partition coefficient (Wildman–Crippen LogP) is 1.81. The molecule has 16 heavy (non-hydrogen) atoms. The average Bonchev–Trinajstić information content (AvgIpc) is 2.76. The van der Waals surface area contributed by atoms with Gasteiger partial charge in [0.15, 0.2) is 0 Å². The fourth-order valence-electron chi connectivity index (χ4n) is 1.18. The smallest absolute Gasteiger partial charge is 0.429 e. The van der Waals surface area contributed by atoms with Gasteiger partial charge in [-0.05, 0) is 6.92 Å². The van der Waals surface area contributed by atoms with Crippen LogP contribution < -0.4 is 0 Å². The fraction of sp³-hybridized carbons (Fsp3) is 0.857. The van der Waals surface area contributed by atoms with Crippen LogP contribution in [0.15, 0.2) is 0 Å².